The molecule has 2 aromatic carbocycles. The average Bonchev–Trinajstić information content (AvgIpc) is 3.47. The summed E-state index contributed by atoms with van der Waals surface area (Å²) in [7, 11) is 0. The molecule has 33 heavy (non-hydrogen) atoms. The molecule has 5 rings (SSSR count). The Morgan fingerprint density at radius 3 is 2.18 bits per heavy atom. The van der Waals surface area contributed by atoms with E-state index in [1.165, 1.54) is 16.0 Å². The molecule has 0 aromatic heterocycles. The van der Waals surface area contributed by atoms with Gasteiger partial charge in [-0.15, -0.1) is 0 Å². The molecule has 172 valence electrons. The SMILES string of the molecule is O=C(O)CN(C(=O)C1CCC(NC(=O)OCC2c3ccccc3-c3ccccc32)C1)C1CC1. The van der Waals surface area contributed by atoms with Gasteiger partial charge >= 0.3 is 12.1 Å². The molecular formula is C26H28N2O5. The van der Waals surface area contributed by atoms with Crippen LogP contribution in [0.2, 0.25) is 0 Å². The van der Waals surface area contributed by atoms with Gasteiger partial charge in [-0.1, -0.05) is 48.5 Å². The molecule has 2 fully saturated rings. The van der Waals surface area contributed by atoms with E-state index >= 15 is 0 Å². The number of carbonyl (C=O) groups is 3. The van der Waals surface area contributed by atoms with Crippen molar-refractivity contribution in [2.75, 3.05) is 13.2 Å². The van der Waals surface area contributed by atoms with Crippen molar-refractivity contribution in [2.24, 2.45) is 5.92 Å². The number of hydrogen-bond acceptors (Lipinski definition) is 4. The third-order valence-electron chi connectivity index (χ3n) is 7.02. The minimum atomic E-state index is -0.985. The van der Waals surface area contributed by atoms with E-state index in [1.54, 1.807) is 0 Å². The lowest BCUT2D eigenvalue weighted by Crippen LogP contribution is -2.41. The number of amides is 2. The fourth-order valence-electron chi connectivity index (χ4n) is 5.30. The molecule has 2 aromatic rings. The molecule has 2 N–H and O–H groups in total. The van der Waals surface area contributed by atoms with Crippen LogP contribution in [0.4, 0.5) is 4.79 Å². The van der Waals surface area contributed by atoms with Crippen LogP contribution in [-0.2, 0) is 14.3 Å². The highest BCUT2D eigenvalue weighted by atomic mass is 16.5. The number of carbonyl (C=O) groups excluding carboxylic acids is 2. The van der Waals surface area contributed by atoms with Gasteiger partial charge in [-0.2, -0.15) is 0 Å². The van der Waals surface area contributed by atoms with Crippen molar-refractivity contribution in [1.29, 1.82) is 0 Å². The third-order valence-corrected chi connectivity index (χ3v) is 7.02. The summed E-state index contributed by atoms with van der Waals surface area (Å²) < 4.78 is 5.62. The molecule has 2 amide bonds. The van der Waals surface area contributed by atoms with Gasteiger partial charge in [0.1, 0.15) is 13.2 Å². The lowest BCUT2D eigenvalue weighted by molar-refractivity contribution is -0.146. The first-order valence-electron chi connectivity index (χ1n) is 11.6. The van der Waals surface area contributed by atoms with Crippen molar-refractivity contribution in [3.63, 3.8) is 0 Å². The van der Waals surface area contributed by atoms with Gasteiger partial charge in [0.2, 0.25) is 5.91 Å². The smallest absolute Gasteiger partial charge is 0.407 e. The molecule has 0 heterocycles. The molecule has 0 aliphatic heterocycles. The summed E-state index contributed by atoms with van der Waals surface area (Å²) in [5.41, 5.74) is 4.69. The van der Waals surface area contributed by atoms with E-state index in [9.17, 15) is 14.4 Å². The topological polar surface area (TPSA) is 95.9 Å². The van der Waals surface area contributed by atoms with Gasteiger partial charge in [-0.3, -0.25) is 9.59 Å². The minimum Gasteiger partial charge on any atom is -0.480 e. The van der Waals surface area contributed by atoms with Crippen LogP contribution in [0, 0.1) is 5.92 Å². The zero-order chi connectivity index (χ0) is 22.9. The zero-order valence-corrected chi connectivity index (χ0v) is 18.4. The first kappa shape index (κ1) is 21.5. The van der Waals surface area contributed by atoms with Crippen molar-refractivity contribution in [3.8, 4) is 11.1 Å². The molecule has 2 saturated carbocycles. The van der Waals surface area contributed by atoms with Crippen LogP contribution in [0.1, 0.15) is 49.1 Å². The van der Waals surface area contributed by atoms with Crippen LogP contribution in [0.25, 0.3) is 11.1 Å². The zero-order valence-electron chi connectivity index (χ0n) is 18.4. The van der Waals surface area contributed by atoms with Gasteiger partial charge in [0.05, 0.1) is 0 Å². The van der Waals surface area contributed by atoms with Gasteiger partial charge in [0.15, 0.2) is 0 Å². The fraction of sp³-hybridized carbons (Fsp3) is 0.423. The summed E-state index contributed by atoms with van der Waals surface area (Å²) in [4.78, 5) is 38.0. The number of aliphatic carboxylic acids is 1. The Labute approximate surface area is 192 Å². The summed E-state index contributed by atoms with van der Waals surface area (Å²) in [6.07, 6.45) is 3.12. The molecule has 0 radical (unpaired) electrons. The van der Waals surface area contributed by atoms with Crippen molar-refractivity contribution in [1.82, 2.24) is 10.2 Å². The van der Waals surface area contributed by atoms with Crippen molar-refractivity contribution >= 4 is 18.0 Å². The Morgan fingerprint density at radius 2 is 1.58 bits per heavy atom. The largest absolute Gasteiger partial charge is 0.480 e. The van der Waals surface area contributed by atoms with Gasteiger partial charge in [-0.05, 0) is 54.4 Å². The fourth-order valence-corrected chi connectivity index (χ4v) is 5.30. The maximum absolute atomic E-state index is 12.8. The van der Waals surface area contributed by atoms with Gasteiger partial charge in [0.25, 0.3) is 0 Å². The Hall–Kier alpha value is -3.35. The number of nitrogens with one attached hydrogen (secondary N) is 1. The summed E-state index contributed by atoms with van der Waals surface area (Å²) in [5.74, 6) is -1.33. The van der Waals surface area contributed by atoms with E-state index in [1.807, 2.05) is 24.3 Å². The molecule has 3 aliphatic rings. The second kappa shape index (κ2) is 8.89. The number of carboxylic acid groups (broad SMARTS) is 1. The Bertz CT molecular complexity index is 1030. The first-order valence-corrected chi connectivity index (χ1v) is 11.6. The summed E-state index contributed by atoms with van der Waals surface area (Å²) in [6.45, 7) is 0.00742. The first-order chi connectivity index (χ1) is 16.0. The molecule has 2 unspecified atom stereocenters. The number of rotatable bonds is 7. The third kappa shape index (κ3) is 4.45. The monoisotopic (exact) mass is 448 g/mol. The number of carboxylic acids is 1. The van der Waals surface area contributed by atoms with Crippen molar-refractivity contribution in [3.05, 3.63) is 59.7 Å². The highest BCUT2D eigenvalue weighted by molar-refractivity contribution is 5.84. The minimum absolute atomic E-state index is 0.00386. The normalized spacial score (nSPS) is 21.2. The maximum Gasteiger partial charge on any atom is 0.407 e. The average molecular weight is 449 g/mol. The second-order valence-electron chi connectivity index (χ2n) is 9.27. The van der Waals surface area contributed by atoms with Crippen LogP contribution in [0.3, 0.4) is 0 Å². The summed E-state index contributed by atoms with van der Waals surface area (Å²) >= 11 is 0. The van der Waals surface area contributed by atoms with Crippen LogP contribution in [-0.4, -0.2) is 53.2 Å². The van der Waals surface area contributed by atoms with Gasteiger partial charge in [0, 0.05) is 23.9 Å². The molecular weight excluding hydrogens is 420 g/mol. The van der Waals surface area contributed by atoms with Gasteiger partial charge < -0.3 is 20.1 Å². The molecule has 0 saturated heterocycles. The predicted molar refractivity (Wildman–Crippen MR) is 122 cm³/mol. The number of ether oxygens (including phenoxy) is 1. The number of fused-ring (bicyclic) bond motifs is 3. The quantitative estimate of drug-likeness (QED) is 0.672. The van der Waals surface area contributed by atoms with E-state index in [2.05, 4.69) is 29.6 Å². The highest BCUT2D eigenvalue weighted by Crippen LogP contribution is 2.44. The summed E-state index contributed by atoms with van der Waals surface area (Å²) in [5, 5.41) is 12.0. The van der Waals surface area contributed by atoms with Crippen molar-refractivity contribution < 1.29 is 24.2 Å². The van der Waals surface area contributed by atoms with Crippen LogP contribution in [0.15, 0.2) is 48.5 Å². The Morgan fingerprint density at radius 1 is 0.939 bits per heavy atom. The molecule has 0 bridgehead atoms. The molecule has 0 spiro atoms. The molecule has 7 nitrogen and oxygen atoms in total. The number of alkyl carbamates (subject to hydrolysis) is 1. The lowest BCUT2D eigenvalue weighted by atomic mass is 9.98. The maximum atomic E-state index is 12.8. The van der Waals surface area contributed by atoms with Gasteiger partial charge in [-0.25, -0.2) is 4.79 Å². The number of hydrogen-bond donors (Lipinski definition) is 2. The number of nitrogens with zero attached hydrogens (tertiary/aromatic N) is 1. The van der Waals surface area contributed by atoms with E-state index < -0.39 is 12.1 Å². The predicted octanol–water partition coefficient (Wildman–Crippen LogP) is 3.77. The van der Waals surface area contributed by atoms with Crippen LogP contribution >= 0.6 is 0 Å². The summed E-state index contributed by atoms with van der Waals surface area (Å²) in [6, 6.07) is 16.3. The van der Waals surface area contributed by atoms with E-state index in [4.69, 9.17) is 9.84 Å². The van der Waals surface area contributed by atoms with Crippen LogP contribution in [0.5, 0.6) is 0 Å². The molecule has 2 atom stereocenters. The molecule has 3 aliphatic carbocycles. The molecule has 7 heteroatoms. The van der Waals surface area contributed by atoms with E-state index in [0.29, 0.717) is 19.3 Å². The lowest BCUT2D eigenvalue weighted by Gasteiger charge is -2.24. The number of benzene rings is 2. The van der Waals surface area contributed by atoms with E-state index in [-0.39, 0.29) is 43.0 Å². The van der Waals surface area contributed by atoms with E-state index in [0.717, 1.165) is 24.0 Å². The Kier molecular flexibility index (Phi) is 5.79. The Balaban J connectivity index is 1.16. The van der Waals surface area contributed by atoms with Crippen LogP contribution < -0.4 is 5.32 Å². The standard InChI is InChI=1S/C26H28N2O5/c29-24(30)14-28(18-11-12-18)25(31)16-9-10-17(13-16)27-26(32)33-15-23-21-7-3-1-5-19(21)20-6-2-4-8-22(20)23/h1-8,16-18,23H,9-15H2,(H,27,32)(H,29,30). The second-order valence-corrected chi connectivity index (χ2v) is 9.27. The van der Waals surface area contributed by atoms with Crippen molar-refractivity contribution in [2.45, 2.75) is 50.1 Å². The highest BCUT2D eigenvalue weighted by Gasteiger charge is 2.40.